The van der Waals surface area contributed by atoms with Gasteiger partial charge in [0.25, 0.3) is 5.91 Å². The number of carbonyl (C=O) groups excluding carboxylic acids is 3. The van der Waals surface area contributed by atoms with E-state index in [1.807, 2.05) is 49.4 Å². The third kappa shape index (κ3) is 7.73. The minimum Gasteiger partial charge on any atom is -0.466 e. The Morgan fingerprint density at radius 2 is 1.59 bits per heavy atom. The highest BCUT2D eigenvalue weighted by atomic mass is 16.5. The van der Waals surface area contributed by atoms with Gasteiger partial charge in [0.1, 0.15) is 0 Å². The summed E-state index contributed by atoms with van der Waals surface area (Å²) in [4.78, 5) is 35.3. The Kier molecular flexibility index (Phi) is 8.03. The zero-order chi connectivity index (χ0) is 19.5. The van der Waals surface area contributed by atoms with Crippen molar-refractivity contribution in [3.05, 3.63) is 71.3 Å². The van der Waals surface area contributed by atoms with Gasteiger partial charge in [0.15, 0.2) is 0 Å². The molecular formula is C21H24N2O4. The smallest absolute Gasteiger partial charge is 0.306 e. The Labute approximate surface area is 158 Å². The first-order valence-electron chi connectivity index (χ1n) is 8.90. The minimum atomic E-state index is -0.448. The zero-order valence-corrected chi connectivity index (χ0v) is 15.4. The molecule has 0 unspecified atom stereocenters. The van der Waals surface area contributed by atoms with E-state index in [1.165, 1.54) is 5.56 Å². The molecule has 0 spiro atoms. The summed E-state index contributed by atoms with van der Waals surface area (Å²) in [6.07, 6.45) is 1.48. The summed E-state index contributed by atoms with van der Waals surface area (Å²) < 4.78 is 5.11. The van der Waals surface area contributed by atoms with E-state index >= 15 is 0 Å². The van der Waals surface area contributed by atoms with Crippen LogP contribution in [0.3, 0.4) is 0 Å². The second-order valence-corrected chi connectivity index (χ2v) is 6.18. The van der Waals surface area contributed by atoms with Gasteiger partial charge in [-0.3, -0.25) is 25.2 Å². The van der Waals surface area contributed by atoms with Crippen LogP contribution in [0.2, 0.25) is 0 Å². The van der Waals surface area contributed by atoms with E-state index in [4.69, 9.17) is 4.74 Å². The number of carbonyl (C=O) groups is 3. The molecule has 2 N–H and O–H groups in total. The second kappa shape index (κ2) is 10.8. The Balaban J connectivity index is 1.57. The zero-order valence-electron chi connectivity index (χ0n) is 15.4. The molecule has 0 radical (unpaired) electrons. The molecule has 0 atom stereocenters. The molecule has 0 aliphatic rings. The SMILES string of the molecule is Cc1ccc(C(=O)NNC(=O)CCC(=O)OCCCc2ccccc2)cc1. The fraction of sp³-hybridized carbons (Fsp3) is 0.286. The van der Waals surface area contributed by atoms with Crippen molar-refractivity contribution in [2.24, 2.45) is 0 Å². The molecule has 2 amide bonds. The van der Waals surface area contributed by atoms with Crippen molar-refractivity contribution in [2.75, 3.05) is 6.61 Å². The molecule has 6 nitrogen and oxygen atoms in total. The van der Waals surface area contributed by atoms with Gasteiger partial charge >= 0.3 is 5.97 Å². The van der Waals surface area contributed by atoms with Gasteiger partial charge in [-0.15, -0.1) is 0 Å². The van der Waals surface area contributed by atoms with Crippen LogP contribution in [0.25, 0.3) is 0 Å². The Bertz CT molecular complexity index is 758. The number of rotatable bonds is 8. The van der Waals surface area contributed by atoms with Crippen molar-refractivity contribution in [1.82, 2.24) is 10.9 Å². The second-order valence-electron chi connectivity index (χ2n) is 6.18. The van der Waals surface area contributed by atoms with Crippen molar-refractivity contribution in [2.45, 2.75) is 32.6 Å². The average Bonchev–Trinajstić information content (AvgIpc) is 2.69. The van der Waals surface area contributed by atoms with Crippen molar-refractivity contribution in [3.63, 3.8) is 0 Å². The summed E-state index contributed by atoms with van der Waals surface area (Å²) in [5, 5.41) is 0. The third-order valence-corrected chi connectivity index (χ3v) is 3.90. The first kappa shape index (κ1) is 20.2. The van der Waals surface area contributed by atoms with Crippen LogP contribution >= 0.6 is 0 Å². The summed E-state index contributed by atoms with van der Waals surface area (Å²) in [6.45, 7) is 2.24. The summed E-state index contributed by atoms with van der Waals surface area (Å²) >= 11 is 0. The van der Waals surface area contributed by atoms with E-state index in [1.54, 1.807) is 12.1 Å². The molecule has 0 heterocycles. The topological polar surface area (TPSA) is 84.5 Å². The number of benzene rings is 2. The van der Waals surface area contributed by atoms with Crippen LogP contribution in [-0.4, -0.2) is 24.4 Å². The quantitative estimate of drug-likeness (QED) is 0.426. The highest BCUT2D eigenvalue weighted by Gasteiger charge is 2.10. The predicted molar refractivity (Wildman–Crippen MR) is 102 cm³/mol. The molecule has 27 heavy (non-hydrogen) atoms. The Morgan fingerprint density at radius 3 is 2.30 bits per heavy atom. The normalized spacial score (nSPS) is 10.1. The van der Waals surface area contributed by atoms with Crippen molar-refractivity contribution in [1.29, 1.82) is 0 Å². The van der Waals surface area contributed by atoms with Crippen LogP contribution in [0.5, 0.6) is 0 Å². The van der Waals surface area contributed by atoms with Gasteiger partial charge in [0.05, 0.1) is 13.0 Å². The molecule has 6 heteroatoms. The van der Waals surface area contributed by atoms with Crippen molar-refractivity contribution in [3.8, 4) is 0 Å². The van der Waals surface area contributed by atoms with Gasteiger partial charge in [-0.05, 0) is 37.5 Å². The van der Waals surface area contributed by atoms with Gasteiger partial charge in [0, 0.05) is 12.0 Å². The molecule has 0 bridgehead atoms. The fourth-order valence-electron chi connectivity index (χ4n) is 2.36. The summed E-state index contributed by atoms with van der Waals surface area (Å²) in [7, 11) is 0. The molecule has 0 fully saturated rings. The molecule has 0 aliphatic carbocycles. The number of hydrogen-bond donors (Lipinski definition) is 2. The molecule has 2 rings (SSSR count). The van der Waals surface area contributed by atoms with Crippen molar-refractivity contribution >= 4 is 17.8 Å². The number of aryl methyl sites for hydroxylation is 2. The van der Waals surface area contributed by atoms with E-state index in [9.17, 15) is 14.4 Å². The van der Waals surface area contributed by atoms with Gasteiger partial charge in [0.2, 0.25) is 5.91 Å². The maximum Gasteiger partial charge on any atom is 0.306 e. The lowest BCUT2D eigenvalue weighted by molar-refractivity contribution is -0.145. The van der Waals surface area contributed by atoms with Crippen LogP contribution in [0.4, 0.5) is 0 Å². The molecule has 0 saturated heterocycles. The lowest BCUT2D eigenvalue weighted by Gasteiger charge is -2.08. The van der Waals surface area contributed by atoms with Crippen LogP contribution in [-0.2, 0) is 20.7 Å². The molecule has 0 aromatic heterocycles. The van der Waals surface area contributed by atoms with E-state index in [2.05, 4.69) is 10.9 Å². The third-order valence-electron chi connectivity index (χ3n) is 3.90. The molecule has 0 saturated carbocycles. The van der Waals surface area contributed by atoms with Crippen LogP contribution in [0.15, 0.2) is 54.6 Å². The number of amides is 2. The summed E-state index contributed by atoms with van der Waals surface area (Å²) in [6, 6.07) is 16.9. The molecule has 0 aliphatic heterocycles. The molecule has 2 aromatic carbocycles. The van der Waals surface area contributed by atoms with E-state index in [-0.39, 0.29) is 12.8 Å². The van der Waals surface area contributed by atoms with Crippen LogP contribution in [0.1, 0.15) is 40.7 Å². The lowest BCUT2D eigenvalue weighted by Crippen LogP contribution is -2.41. The van der Waals surface area contributed by atoms with Gasteiger partial charge in [-0.2, -0.15) is 0 Å². The highest BCUT2D eigenvalue weighted by Crippen LogP contribution is 2.04. The Morgan fingerprint density at radius 1 is 0.889 bits per heavy atom. The lowest BCUT2D eigenvalue weighted by atomic mass is 10.1. The number of hydrazine groups is 1. The number of nitrogens with one attached hydrogen (secondary N) is 2. The summed E-state index contributed by atoms with van der Waals surface area (Å²) in [5.41, 5.74) is 7.29. The van der Waals surface area contributed by atoms with Crippen molar-refractivity contribution < 1.29 is 19.1 Å². The predicted octanol–water partition coefficient (Wildman–Crippen LogP) is 2.71. The largest absolute Gasteiger partial charge is 0.466 e. The Hall–Kier alpha value is -3.15. The first-order chi connectivity index (χ1) is 13.0. The van der Waals surface area contributed by atoms with E-state index in [0.717, 1.165) is 18.4 Å². The standard InChI is InChI=1S/C21H24N2O4/c1-16-9-11-18(12-10-16)21(26)23-22-19(24)13-14-20(25)27-15-5-8-17-6-3-2-4-7-17/h2-4,6-7,9-12H,5,8,13-15H2,1H3,(H,22,24)(H,23,26). The first-order valence-corrected chi connectivity index (χ1v) is 8.90. The summed E-state index contributed by atoms with van der Waals surface area (Å²) in [5.74, 6) is -1.29. The number of hydrogen-bond acceptors (Lipinski definition) is 4. The van der Waals surface area contributed by atoms with Crippen LogP contribution in [0, 0.1) is 6.92 Å². The van der Waals surface area contributed by atoms with E-state index in [0.29, 0.717) is 12.2 Å². The number of esters is 1. The minimum absolute atomic E-state index is 0.0302. The van der Waals surface area contributed by atoms with Gasteiger partial charge < -0.3 is 4.74 Å². The maximum atomic E-state index is 11.9. The number of ether oxygens (including phenoxy) is 1. The van der Waals surface area contributed by atoms with Gasteiger partial charge in [-0.25, -0.2) is 0 Å². The molecule has 2 aromatic rings. The maximum absolute atomic E-state index is 11.9. The van der Waals surface area contributed by atoms with E-state index < -0.39 is 17.8 Å². The highest BCUT2D eigenvalue weighted by molar-refractivity contribution is 5.95. The van der Waals surface area contributed by atoms with Crippen LogP contribution < -0.4 is 10.9 Å². The molecular weight excluding hydrogens is 344 g/mol. The molecule has 142 valence electrons. The average molecular weight is 368 g/mol. The monoisotopic (exact) mass is 368 g/mol. The van der Waals surface area contributed by atoms with Gasteiger partial charge in [-0.1, -0.05) is 48.0 Å². The fourth-order valence-corrected chi connectivity index (χ4v) is 2.36.